The molecule has 0 aromatic heterocycles. The van der Waals surface area contributed by atoms with Crippen molar-refractivity contribution in [2.45, 2.75) is 57.7 Å². The van der Waals surface area contributed by atoms with Crippen LogP contribution in [0.1, 0.15) is 56.2 Å². The number of carbonyl (C=O) groups excluding carboxylic acids is 2. The summed E-state index contributed by atoms with van der Waals surface area (Å²) in [6.45, 7) is 2.57. The van der Waals surface area contributed by atoms with Crippen molar-refractivity contribution in [3.05, 3.63) is 53.6 Å². The first kappa shape index (κ1) is 26.7. The molecule has 1 atom stereocenters. The summed E-state index contributed by atoms with van der Waals surface area (Å²) in [5, 5.41) is 3.19. The van der Waals surface area contributed by atoms with Crippen LogP contribution in [0, 0.1) is 0 Å². The number of hydrogen-bond donors (Lipinski definition) is 1. The van der Waals surface area contributed by atoms with Crippen LogP contribution in [-0.2, 0) is 16.1 Å². The number of alkyl halides is 1. The van der Waals surface area contributed by atoms with Gasteiger partial charge >= 0.3 is 0 Å². The van der Waals surface area contributed by atoms with Crippen LogP contribution in [0.4, 0.5) is 0 Å². The summed E-state index contributed by atoms with van der Waals surface area (Å²) < 4.78 is 16.5. The van der Waals surface area contributed by atoms with Crippen LogP contribution in [0.15, 0.2) is 42.5 Å². The van der Waals surface area contributed by atoms with Crippen molar-refractivity contribution in [2.75, 3.05) is 26.7 Å². The molecule has 7 nitrogen and oxygen atoms in total. The Labute approximate surface area is 212 Å². The second-order valence-corrected chi connectivity index (χ2v) is 8.86. The van der Waals surface area contributed by atoms with Gasteiger partial charge in [0.25, 0.3) is 0 Å². The van der Waals surface area contributed by atoms with E-state index in [0.29, 0.717) is 29.4 Å². The Kier molecular flexibility index (Phi) is 10.1. The zero-order valence-corrected chi connectivity index (χ0v) is 21.5. The second kappa shape index (κ2) is 13.2. The van der Waals surface area contributed by atoms with E-state index in [9.17, 15) is 9.59 Å². The van der Waals surface area contributed by atoms with E-state index in [1.165, 1.54) is 11.3 Å². The summed E-state index contributed by atoms with van der Waals surface area (Å²) in [5.41, 5.74) is 1.45. The Morgan fingerprint density at radius 2 is 1.83 bits per heavy atom. The molecule has 1 saturated carbocycles. The monoisotopic (exact) mass is 502 g/mol. The largest absolute Gasteiger partial charge is 0.497 e. The Morgan fingerprint density at radius 1 is 1.06 bits per heavy atom. The molecule has 0 aliphatic heterocycles. The molecule has 0 heterocycles. The van der Waals surface area contributed by atoms with Gasteiger partial charge in [-0.15, -0.1) is 11.6 Å². The number of benzene rings is 2. The standard InChI is InChI=1S/C27H35ClN2O5/c1-4-35-23-14-13-20(16-24(23)34-3)26(27(32)29-21-10-6-5-7-11-21)30(25(31)17-28)18-19-9-8-12-22(15-19)33-2/h8-9,12-16,21,26H,4-7,10-11,17-18H2,1-3H3,(H,29,32). The van der Waals surface area contributed by atoms with E-state index in [1.807, 2.05) is 31.2 Å². The highest BCUT2D eigenvalue weighted by Crippen LogP contribution is 2.34. The Bertz CT molecular complexity index is 993. The van der Waals surface area contributed by atoms with Gasteiger partial charge in [-0.1, -0.05) is 37.5 Å². The van der Waals surface area contributed by atoms with Crippen molar-refractivity contribution in [3.63, 3.8) is 0 Å². The average Bonchev–Trinajstić information content (AvgIpc) is 2.89. The first-order chi connectivity index (χ1) is 17.0. The maximum absolute atomic E-state index is 13.8. The molecule has 1 unspecified atom stereocenters. The van der Waals surface area contributed by atoms with Gasteiger partial charge in [0.2, 0.25) is 11.8 Å². The van der Waals surface area contributed by atoms with Crippen LogP contribution in [0.2, 0.25) is 0 Å². The number of nitrogens with one attached hydrogen (secondary N) is 1. The SMILES string of the molecule is CCOc1ccc(C(C(=O)NC2CCCCC2)N(Cc2cccc(OC)c2)C(=O)CCl)cc1OC. The number of hydrogen-bond acceptors (Lipinski definition) is 5. The minimum atomic E-state index is -0.890. The van der Waals surface area contributed by atoms with Gasteiger partial charge in [0, 0.05) is 12.6 Å². The van der Waals surface area contributed by atoms with Crippen molar-refractivity contribution < 1.29 is 23.8 Å². The van der Waals surface area contributed by atoms with Crippen LogP contribution >= 0.6 is 11.6 Å². The molecule has 0 saturated heterocycles. The van der Waals surface area contributed by atoms with Gasteiger partial charge < -0.3 is 24.4 Å². The number of amides is 2. The third-order valence-electron chi connectivity index (χ3n) is 6.24. The summed E-state index contributed by atoms with van der Waals surface area (Å²) in [4.78, 5) is 28.4. The molecule has 1 aliphatic rings. The van der Waals surface area contributed by atoms with E-state index in [-0.39, 0.29) is 30.3 Å². The zero-order chi connectivity index (χ0) is 25.2. The van der Waals surface area contributed by atoms with Crippen molar-refractivity contribution >= 4 is 23.4 Å². The van der Waals surface area contributed by atoms with Crippen LogP contribution in [0.25, 0.3) is 0 Å². The quantitative estimate of drug-likeness (QED) is 0.444. The molecule has 8 heteroatoms. The number of ether oxygens (including phenoxy) is 3. The summed E-state index contributed by atoms with van der Waals surface area (Å²) in [6.07, 6.45) is 5.22. The van der Waals surface area contributed by atoms with E-state index in [2.05, 4.69) is 5.32 Å². The molecule has 0 spiro atoms. The van der Waals surface area contributed by atoms with Crippen molar-refractivity contribution in [2.24, 2.45) is 0 Å². The number of halogens is 1. The van der Waals surface area contributed by atoms with Crippen molar-refractivity contribution in [1.82, 2.24) is 10.2 Å². The van der Waals surface area contributed by atoms with Crippen LogP contribution in [0.5, 0.6) is 17.2 Å². The normalized spacial score (nSPS) is 14.6. The molecule has 2 aromatic rings. The van der Waals surface area contributed by atoms with Gasteiger partial charge in [0.15, 0.2) is 11.5 Å². The number of nitrogens with zero attached hydrogens (tertiary/aromatic N) is 1. The highest BCUT2D eigenvalue weighted by atomic mass is 35.5. The van der Waals surface area contributed by atoms with Crippen molar-refractivity contribution in [1.29, 1.82) is 0 Å². The molecule has 3 rings (SSSR count). The topological polar surface area (TPSA) is 77.1 Å². The highest BCUT2D eigenvalue weighted by molar-refractivity contribution is 6.27. The van der Waals surface area contributed by atoms with E-state index in [1.54, 1.807) is 32.4 Å². The molecule has 1 aliphatic carbocycles. The lowest BCUT2D eigenvalue weighted by Gasteiger charge is -2.33. The molecule has 1 fully saturated rings. The van der Waals surface area contributed by atoms with Gasteiger partial charge in [-0.3, -0.25) is 9.59 Å². The minimum Gasteiger partial charge on any atom is -0.497 e. The Morgan fingerprint density at radius 3 is 2.49 bits per heavy atom. The summed E-state index contributed by atoms with van der Waals surface area (Å²) >= 11 is 6.03. The van der Waals surface area contributed by atoms with Gasteiger partial charge in [-0.2, -0.15) is 0 Å². The maximum atomic E-state index is 13.8. The number of methoxy groups -OCH3 is 2. The predicted octanol–water partition coefficient (Wildman–Crippen LogP) is 4.86. The molecule has 35 heavy (non-hydrogen) atoms. The number of rotatable bonds is 11. The lowest BCUT2D eigenvalue weighted by molar-refractivity contribution is -0.140. The van der Waals surface area contributed by atoms with Gasteiger partial charge in [-0.25, -0.2) is 0 Å². The summed E-state index contributed by atoms with van der Waals surface area (Å²) in [5.74, 6) is 0.931. The van der Waals surface area contributed by atoms with E-state index >= 15 is 0 Å². The van der Waals surface area contributed by atoms with Gasteiger partial charge in [-0.05, 0) is 55.2 Å². The van der Waals surface area contributed by atoms with Gasteiger partial charge in [0.1, 0.15) is 17.7 Å². The molecular formula is C27H35ClN2O5. The molecule has 0 bridgehead atoms. The fourth-order valence-electron chi connectivity index (χ4n) is 4.50. The fourth-order valence-corrected chi connectivity index (χ4v) is 4.65. The molecule has 2 amide bonds. The van der Waals surface area contributed by atoms with Crippen LogP contribution in [-0.4, -0.2) is 49.5 Å². The lowest BCUT2D eigenvalue weighted by Crippen LogP contribution is -2.47. The minimum absolute atomic E-state index is 0.0908. The predicted molar refractivity (Wildman–Crippen MR) is 136 cm³/mol. The fraction of sp³-hybridized carbons (Fsp3) is 0.481. The van der Waals surface area contributed by atoms with Gasteiger partial charge in [0.05, 0.1) is 20.8 Å². The lowest BCUT2D eigenvalue weighted by atomic mass is 9.94. The van der Waals surface area contributed by atoms with Crippen molar-refractivity contribution in [3.8, 4) is 17.2 Å². The Balaban J connectivity index is 2.02. The summed E-state index contributed by atoms with van der Waals surface area (Å²) in [6, 6.07) is 12.0. The number of carbonyl (C=O) groups is 2. The first-order valence-corrected chi connectivity index (χ1v) is 12.6. The third-order valence-corrected chi connectivity index (χ3v) is 6.47. The van der Waals surface area contributed by atoms with E-state index < -0.39 is 6.04 Å². The molecular weight excluding hydrogens is 468 g/mol. The molecule has 0 radical (unpaired) electrons. The maximum Gasteiger partial charge on any atom is 0.247 e. The van der Waals surface area contributed by atoms with E-state index in [0.717, 1.165) is 31.2 Å². The van der Waals surface area contributed by atoms with Crippen LogP contribution in [0.3, 0.4) is 0 Å². The third kappa shape index (κ3) is 7.04. The second-order valence-electron chi connectivity index (χ2n) is 8.60. The highest BCUT2D eigenvalue weighted by Gasteiger charge is 2.33. The van der Waals surface area contributed by atoms with E-state index in [4.69, 9.17) is 25.8 Å². The average molecular weight is 503 g/mol. The Hall–Kier alpha value is -2.93. The zero-order valence-electron chi connectivity index (χ0n) is 20.7. The smallest absolute Gasteiger partial charge is 0.247 e. The molecule has 1 N–H and O–H groups in total. The molecule has 190 valence electrons. The molecule has 2 aromatic carbocycles. The van der Waals surface area contributed by atoms with Crippen LogP contribution < -0.4 is 19.5 Å². The first-order valence-electron chi connectivity index (χ1n) is 12.1. The summed E-state index contributed by atoms with van der Waals surface area (Å²) in [7, 11) is 3.14.